The van der Waals surface area contributed by atoms with E-state index in [0.29, 0.717) is 6.42 Å². The van der Waals surface area contributed by atoms with Gasteiger partial charge in [-0.1, -0.05) is 60.7 Å². The number of carbonyl (C=O) groups is 2. The predicted octanol–water partition coefficient (Wildman–Crippen LogP) is 4.05. The average Bonchev–Trinajstić information content (AvgIpc) is 3.24. The third-order valence-electron chi connectivity index (χ3n) is 4.65. The molecule has 0 aliphatic carbocycles. The fourth-order valence-corrected chi connectivity index (χ4v) is 3.12. The largest absolute Gasteiger partial charge is 0.497 e. The van der Waals surface area contributed by atoms with Crippen molar-refractivity contribution in [2.75, 3.05) is 13.7 Å². The van der Waals surface area contributed by atoms with Gasteiger partial charge < -0.3 is 9.47 Å². The Morgan fingerprint density at radius 1 is 1.10 bits per heavy atom. The van der Waals surface area contributed by atoms with Gasteiger partial charge in [-0.2, -0.15) is 5.10 Å². The van der Waals surface area contributed by atoms with E-state index in [1.807, 2.05) is 61.5 Å². The molecular weight excluding hydrogens is 380 g/mol. The van der Waals surface area contributed by atoms with Crippen LogP contribution in [0.3, 0.4) is 0 Å². The molecule has 0 N–H and O–H groups in total. The first-order chi connectivity index (χ1) is 14.6. The topological polar surface area (TPSA) is 68.2 Å². The molecule has 1 atom stereocenters. The molecule has 1 heterocycles. The molecule has 0 saturated carbocycles. The molecule has 1 aliphatic heterocycles. The van der Waals surface area contributed by atoms with Gasteiger partial charge in [0, 0.05) is 12.5 Å². The molecule has 154 valence electrons. The molecule has 1 amide bonds. The molecule has 2 aromatic rings. The molecule has 0 fully saturated rings. The van der Waals surface area contributed by atoms with E-state index >= 15 is 0 Å². The summed E-state index contributed by atoms with van der Waals surface area (Å²) in [5, 5.41) is 5.97. The molecule has 6 nitrogen and oxygen atoms in total. The number of benzene rings is 2. The van der Waals surface area contributed by atoms with Crippen LogP contribution in [0.1, 0.15) is 30.5 Å². The van der Waals surface area contributed by atoms with Crippen LogP contribution in [0.4, 0.5) is 0 Å². The van der Waals surface area contributed by atoms with Gasteiger partial charge in [0.2, 0.25) is 0 Å². The minimum absolute atomic E-state index is 0.282. The van der Waals surface area contributed by atoms with Crippen LogP contribution >= 0.6 is 0 Å². The highest BCUT2D eigenvalue weighted by atomic mass is 16.5. The molecule has 2 aromatic carbocycles. The maximum Gasteiger partial charge on any atom is 0.331 e. The third kappa shape index (κ3) is 5.23. The number of esters is 1. The van der Waals surface area contributed by atoms with Gasteiger partial charge in [-0.3, -0.25) is 4.79 Å². The van der Waals surface area contributed by atoms with Crippen molar-refractivity contribution in [3.63, 3.8) is 0 Å². The lowest BCUT2D eigenvalue weighted by atomic mass is 9.98. The van der Waals surface area contributed by atoms with Crippen molar-refractivity contribution in [1.29, 1.82) is 0 Å². The molecule has 0 radical (unpaired) electrons. The van der Waals surface area contributed by atoms with Crippen LogP contribution in [0.2, 0.25) is 0 Å². The van der Waals surface area contributed by atoms with Crippen molar-refractivity contribution >= 4 is 17.6 Å². The van der Waals surface area contributed by atoms with Crippen LogP contribution in [0.15, 0.2) is 84.0 Å². The lowest BCUT2D eigenvalue weighted by molar-refractivity contribution is -0.149. The number of carbonyl (C=O) groups excluding carboxylic acids is 2. The minimum atomic E-state index is -0.575. The minimum Gasteiger partial charge on any atom is -0.497 e. The second-order valence-corrected chi connectivity index (χ2v) is 6.64. The first-order valence-corrected chi connectivity index (χ1v) is 9.67. The van der Waals surface area contributed by atoms with Crippen LogP contribution in [0.5, 0.6) is 5.75 Å². The number of allylic oxidation sites excluding steroid dienone is 3. The normalized spacial score (nSPS) is 16.1. The molecule has 30 heavy (non-hydrogen) atoms. The summed E-state index contributed by atoms with van der Waals surface area (Å²) in [6.45, 7) is 1.46. The van der Waals surface area contributed by atoms with Crippen LogP contribution in [-0.4, -0.2) is 36.3 Å². The van der Waals surface area contributed by atoms with Gasteiger partial charge in [-0.05, 0) is 30.2 Å². The van der Waals surface area contributed by atoms with Crippen molar-refractivity contribution in [2.45, 2.75) is 19.4 Å². The van der Waals surface area contributed by atoms with E-state index in [-0.39, 0.29) is 18.6 Å². The first kappa shape index (κ1) is 21.0. The highest BCUT2D eigenvalue weighted by molar-refractivity contribution is 6.03. The number of hydrogen-bond donors (Lipinski definition) is 0. The van der Waals surface area contributed by atoms with Gasteiger partial charge in [0.1, 0.15) is 5.75 Å². The van der Waals surface area contributed by atoms with Gasteiger partial charge in [-0.25, -0.2) is 9.80 Å². The zero-order valence-electron chi connectivity index (χ0n) is 17.0. The number of rotatable bonds is 7. The number of amides is 1. The smallest absolute Gasteiger partial charge is 0.331 e. The number of hydrazone groups is 1. The Balaban J connectivity index is 1.79. The SMILES string of the molecule is C/C=C/C=C/C(=O)OCC(=O)N1N=C(c2ccccc2)C[C@@H]1c1ccc(OC)cc1. The van der Waals surface area contributed by atoms with Crippen LogP contribution in [-0.2, 0) is 14.3 Å². The Morgan fingerprint density at radius 3 is 2.50 bits per heavy atom. The van der Waals surface area contributed by atoms with Gasteiger partial charge in [0.15, 0.2) is 6.61 Å². The summed E-state index contributed by atoms with van der Waals surface area (Å²) < 4.78 is 10.3. The fourth-order valence-electron chi connectivity index (χ4n) is 3.12. The zero-order chi connectivity index (χ0) is 21.3. The van der Waals surface area contributed by atoms with E-state index in [9.17, 15) is 9.59 Å². The van der Waals surface area contributed by atoms with Crippen molar-refractivity contribution < 1.29 is 19.1 Å². The zero-order valence-corrected chi connectivity index (χ0v) is 17.0. The summed E-state index contributed by atoms with van der Waals surface area (Å²) in [4.78, 5) is 24.6. The monoisotopic (exact) mass is 404 g/mol. The highest BCUT2D eigenvalue weighted by Gasteiger charge is 2.33. The van der Waals surface area contributed by atoms with Gasteiger partial charge >= 0.3 is 5.97 Å². The number of methoxy groups -OCH3 is 1. The summed E-state index contributed by atoms with van der Waals surface area (Å²) in [6.07, 6.45) is 6.90. The lowest BCUT2D eigenvalue weighted by Gasteiger charge is -2.22. The summed E-state index contributed by atoms with van der Waals surface area (Å²) in [5.74, 6) is -0.218. The summed E-state index contributed by atoms with van der Waals surface area (Å²) in [6, 6.07) is 17.0. The molecule has 3 rings (SSSR count). The van der Waals surface area contributed by atoms with Crippen LogP contribution in [0.25, 0.3) is 0 Å². The Kier molecular flexibility index (Phi) is 7.16. The van der Waals surface area contributed by atoms with Gasteiger partial charge in [-0.15, -0.1) is 0 Å². The first-order valence-electron chi connectivity index (χ1n) is 9.67. The molecule has 0 unspecified atom stereocenters. The highest BCUT2D eigenvalue weighted by Crippen LogP contribution is 2.33. The molecule has 1 aliphatic rings. The van der Waals surface area contributed by atoms with E-state index in [0.717, 1.165) is 22.6 Å². The lowest BCUT2D eigenvalue weighted by Crippen LogP contribution is -2.31. The molecule has 0 bridgehead atoms. The number of ether oxygens (including phenoxy) is 2. The maximum absolute atomic E-state index is 12.8. The number of nitrogens with zero attached hydrogens (tertiary/aromatic N) is 2. The maximum atomic E-state index is 12.8. The number of hydrogen-bond acceptors (Lipinski definition) is 5. The summed E-state index contributed by atoms with van der Waals surface area (Å²) in [7, 11) is 1.61. The summed E-state index contributed by atoms with van der Waals surface area (Å²) in [5.41, 5.74) is 2.69. The van der Waals surface area contributed by atoms with Crippen molar-refractivity contribution in [2.24, 2.45) is 5.10 Å². The Labute approximate surface area is 176 Å². The summed E-state index contributed by atoms with van der Waals surface area (Å²) >= 11 is 0. The van der Waals surface area contributed by atoms with E-state index in [1.54, 1.807) is 25.3 Å². The third-order valence-corrected chi connectivity index (χ3v) is 4.65. The molecule has 0 spiro atoms. The van der Waals surface area contributed by atoms with Crippen molar-refractivity contribution in [1.82, 2.24) is 5.01 Å². The molecule has 6 heteroatoms. The van der Waals surface area contributed by atoms with Crippen molar-refractivity contribution in [3.8, 4) is 5.75 Å². The Bertz CT molecular complexity index is 962. The molecule has 0 aromatic heterocycles. The van der Waals surface area contributed by atoms with E-state index in [2.05, 4.69) is 5.10 Å². The average molecular weight is 404 g/mol. The molecular formula is C24H24N2O4. The quantitative estimate of drug-likeness (QED) is 0.397. The second-order valence-electron chi connectivity index (χ2n) is 6.64. The fraction of sp³-hybridized carbons (Fsp3) is 0.208. The van der Waals surface area contributed by atoms with Gasteiger partial charge in [0.05, 0.1) is 18.9 Å². The standard InChI is InChI=1S/C24H24N2O4/c1-3-4-6-11-24(28)30-17-23(27)26-22(19-12-14-20(29-2)15-13-19)16-21(25-26)18-9-7-5-8-10-18/h3-15,22H,16-17H2,1-2H3/b4-3+,11-6+/t22-/m1/s1. The van der Waals surface area contributed by atoms with Crippen molar-refractivity contribution in [3.05, 3.63) is 90.0 Å². The Hall–Kier alpha value is -3.67. The Morgan fingerprint density at radius 2 is 1.83 bits per heavy atom. The predicted molar refractivity (Wildman–Crippen MR) is 115 cm³/mol. The van der Waals surface area contributed by atoms with Crippen LogP contribution in [0, 0.1) is 0 Å². The van der Waals surface area contributed by atoms with E-state index in [4.69, 9.17) is 9.47 Å². The molecule has 0 saturated heterocycles. The van der Waals surface area contributed by atoms with E-state index < -0.39 is 5.97 Å². The second kappa shape index (κ2) is 10.2. The van der Waals surface area contributed by atoms with Gasteiger partial charge in [0.25, 0.3) is 5.91 Å². The van der Waals surface area contributed by atoms with Crippen LogP contribution < -0.4 is 4.74 Å². The van der Waals surface area contributed by atoms with E-state index in [1.165, 1.54) is 11.1 Å².